The number of nitrogens with zero attached hydrogens (tertiary/aromatic N) is 4. The molecule has 0 unspecified atom stereocenters. The molecule has 0 atom stereocenters. The van der Waals surface area contributed by atoms with Gasteiger partial charge in [-0.3, -0.25) is 0 Å². The molecule has 226 valence electrons. The molecule has 0 saturated carbocycles. The monoisotopic (exact) mass is 624 g/mol. The van der Waals surface area contributed by atoms with Crippen LogP contribution in [0, 0.1) is 17.9 Å². The fourth-order valence-corrected chi connectivity index (χ4v) is 7.54. The van der Waals surface area contributed by atoms with E-state index in [2.05, 4.69) is 111 Å². The van der Waals surface area contributed by atoms with Crippen LogP contribution < -0.4 is 0 Å². The first-order valence-electron chi connectivity index (χ1n) is 16.1. The fourth-order valence-electron chi connectivity index (χ4n) is 7.54. The molecule has 0 amide bonds. The number of hydrogen-bond donors (Lipinski definition) is 0. The van der Waals surface area contributed by atoms with Crippen molar-refractivity contribution < 1.29 is 4.42 Å². The summed E-state index contributed by atoms with van der Waals surface area (Å²) in [6, 6.07) is 52.2. The Hall–Kier alpha value is -7.08. The van der Waals surface area contributed by atoms with Gasteiger partial charge in [0.05, 0.1) is 40.3 Å². The quantitative estimate of drug-likeness (QED) is 0.184. The molecule has 0 aliphatic carbocycles. The third kappa shape index (κ3) is 3.97. The summed E-state index contributed by atoms with van der Waals surface area (Å²) in [4.78, 5) is 3.75. The van der Waals surface area contributed by atoms with Gasteiger partial charge in [-0.25, -0.2) is 4.85 Å². The largest absolute Gasteiger partial charge is 0.456 e. The molecule has 0 fully saturated rings. The first kappa shape index (κ1) is 27.1. The maximum absolute atomic E-state index is 9.59. The van der Waals surface area contributed by atoms with Crippen LogP contribution in [-0.4, -0.2) is 9.13 Å². The minimum absolute atomic E-state index is 0.614. The lowest BCUT2D eigenvalue weighted by Gasteiger charge is -2.13. The fraction of sp³-hybridized carbons (Fsp3) is 0. The molecular formula is C44H24N4O. The number of fused-ring (bicyclic) bond motifs is 9. The van der Waals surface area contributed by atoms with Crippen molar-refractivity contribution in [2.75, 3.05) is 0 Å². The van der Waals surface area contributed by atoms with E-state index in [0.717, 1.165) is 88.1 Å². The van der Waals surface area contributed by atoms with E-state index in [1.165, 1.54) is 0 Å². The highest BCUT2D eigenvalue weighted by Gasteiger charge is 2.18. The predicted molar refractivity (Wildman–Crippen MR) is 199 cm³/mol. The zero-order valence-electron chi connectivity index (χ0n) is 26.1. The van der Waals surface area contributed by atoms with Crippen LogP contribution >= 0.6 is 0 Å². The van der Waals surface area contributed by atoms with Gasteiger partial charge in [0.1, 0.15) is 11.2 Å². The lowest BCUT2D eigenvalue weighted by atomic mass is 10.0. The van der Waals surface area contributed by atoms with Gasteiger partial charge in [0.15, 0.2) is 5.69 Å². The highest BCUT2D eigenvalue weighted by molar-refractivity contribution is 6.18. The zero-order chi connectivity index (χ0) is 32.6. The third-order valence-electron chi connectivity index (χ3n) is 9.72. The van der Waals surface area contributed by atoms with Crippen molar-refractivity contribution in [3.63, 3.8) is 0 Å². The molecule has 7 aromatic carbocycles. The molecular weight excluding hydrogens is 601 g/mol. The van der Waals surface area contributed by atoms with Crippen LogP contribution in [0.4, 0.5) is 5.69 Å². The van der Waals surface area contributed by atoms with Crippen LogP contribution in [0.25, 0.3) is 92.9 Å². The summed E-state index contributed by atoms with van der Waals surface area (Å²) < 4.78 is 10.9. The molecule has 0 spiro atoms. The summed E-state index contributed by atoms with van der Waals surface area (Å²) in [5.74, 6) is 0. The molecule has 0 radical (unpaired) electrons. The van der Waals surface area contributed by atoms with Gasteiger partial charge in [0.2, 0.25) is 0 Å². The minimum atomic E-state index is 0.614. The van der Waals surface area contributed by atoms with Crippen LogP contribution in [0.5, 0.6) is 0 Å². The number of benzene rings is 7. The van der Waals surface area contributed by atoms with Crippen molar-refractivity contribution in [3.05, 3.63) is 163 Å². The van der Waals surface area contributed by atoms with Gasteiger partial charge in [0, 0.05) is 44.4 Å². The van der Waals surface area contributed by atoms with Gasteiger partial charge in [-0.05, 0) is 89.3 Å². The first-order chi connectivity index (χ1) is 24.2. The maximum atomic E-state index is 9.59. The van der Waals surface area contributed by atoms with E-state index in [1.807, 2.05) is 54.6 Å². The first-order valence-corrected chi connectivity index (χ1v) is 16.1. The van der Waals surface area contributed by atoms with Gasteiger partial charge in [-0.2, -0.15) is 5.26 Å². The van der Waals surface area contributed by atoms with Crippen molar-refractivity contribution in [2.24, 2.45) is 0 Å². The second-order valence-electron chi connectivity index (χ2n) is 12.4. The summed E-state index contributed by atoms with van der Waals surface area (Å²) >= 11 is 0. The Balaban J connectivity index is 1.17. The molecule has 0 bridgehead atoms. The van der Waals surface area contributed by atoms with Crippen molar-refractivity contribution in [1.82, 2.24) is 9.13 Å². The van der Waals surface area contributed by atoms with E-state index in [-0.39, 0.29) is 0 Å². The Morgan fingerprint density at radius 3 is 1.88 bits per heavy atom. The van der Waals surface area contributed by atoms with Gasteiger partial charge in [-0.15, -0.1) is 0 Å². The molecule has 3 heterocycles. The lowest BCUT2D eigenvalue weighted by molar-refractivity contribution is 0.669. The molecule has 0 saturated heterocycles. The summed E-state index contributed by atoms with van der Waals surface area (Å²) in [6.07, 6.45) is 0. The Morgan fingerprint density at radius 1 is 0.490 bits per heavy atom. The van der Waals surface area contributed by atoms with Gasteiger partial charge in [-0.1, -0.05) is 66.7 Å². The Bertz CT molecular complexity index is 3090. The predicted octanol–water partition coefficient (Wildman–Crippen LogP) is 11.9. The molecule has 49 heavy (non-hydrogen) atoms. The van der Waals surface area contributed by atoms with Crippen LogP contribution in [0.2, 0.25) is 0 Å². The topological polar surface area (TPSA) is 51.1 Å². The van der Waals surface area contributed by atoms with E-state index in [4.69, 9.17) is 11.0 Å². The molecule has 0 aliphatic heterocycles. The Kier molecular flexibility index (Phi) is 5.64. The average Bonchev–Trinajstić information content (AvgIpc) is 3.80. The summed E-state index contributed by atoms with van der Waals surface area (Å²) in [5.41, 5.74) is 11.4. The lowest BCUT2D eigenvalue weighted by Crippen LogP contribution is -1.96. The van der Waals surface area contributed by atoms with Gasteiger partial charge in [0.25, 0.3) is 0 Å². The highest BCUT2D eigenvalue weighted by Crippen LogP contribution is 2.40. The van der Waals surface area contributed by atoms with E-state index in [0.29, 0.717) is 11.3 Å². The van der Waals surface area contributed by atoms with Crippen LogP contribution in [-0.2, 0) is 0 Å². The van der Waals surface area contributed by atoms with Crippen molar-refractivity contribution in [3.8, 4) is 28.6 Å². The second-order valence-corrected chi connectivity index (χ2v) is 12.4. The molecule has 0 N–H and O–H groups in total. The summed E-state index contributed by atoms with van der Waals surface area (Å²) in [5, 5.41) is 16.0. The zero-order valence-corrected chi connectivity index (χ0v) is 26.1. The minimum Gasteiger partial charge on any atom is -0.456 e. The van der Waals surface area contributed by atoms with Crippen LogP contribution in [0.15, 0.2) is 150 Å². The summed E-state index contributed by atoms with van der Waals surface area (Å²) in [6.45, 7) is 7.70. The Labute approximate surface area is 280 Å². The number of aromatic nitrogens is 2. The normalized spacial score (nSPS) is 11.6. The van der Waals surface area contributed by atoms with Crippen LogP contribution in [0.1, 0.15) is 5.56 Å². The van der Waals surface area contributed by atoms with Gasteiger partial charge < -0.3 is 13.6 Å². The van der Waals surface area contributed by atoms with E-state index >= 15 is 0 Å². The molecule has 5 nitrogen and oxygen atoms in total. The van der Waals surface area contributed by atoms with E-state index < -0.39 is 0 Å². The van der Waals surface area contributed by atoms with Crippen molar-refractivity contribution in [1.29, 1.82) is 5.26 Å². The van der Waals surface area contributed by atoms with Crippen molar-refractivity contribution in [2.45, 2.75) is 0 Å². The molecule has 10 aromatic rings. The van der Waals surface area contributed by atoms with E-state index in [9.17, 15) is 5.26 Å². The van der Waals surface area contributed by atoms with Crippen molar-refractivity contribution >= 4 is 71.2 Å². The summed E-state index contributed by atoms with van der Waals surface area (Å²) in [7, 11) is 0. The number of para-hydroxylation sites is 2. The molecule has 0 aliphatic rings. The second kappa shape index (κ2) is 10.2. The average molecular weight is 625 g/mol. The maximum Gasteiger partial charge on any atom is 0.188 e. The number of furan rings is 1. The SMILES string of the molecule is [C-]#[N+]c1ccc2c(c1)c1cc3c(cc1n2-c1cccc(-c2cccc(-n4c5ccccc5c5cc(C#N)ccc54)c2)c1)oc1ccccc13. The molecule has 5 heteroatoms. The van der Waals surface area contributed by atoms with E-state index in [1.54, 1.807) is 0 Å². The van der Waals surface area contributed by atoms with Gasteiger partial charge >= 0.3 is 0 Å². The Morgan fingerprint density at radius 2 is 1.12 bits per heavy atom. The smallest absolute Gasteiger partial charge is 0.188 e. The third-order valence-corrected chi connectivity index (χ3v) is 9.72. The number of hydrogen-bond acceptors (Lipinski definition) is 2. The van der Waals surface area contributed by atoms with Crippen LogP contribution in [0.3, 0.4) is 0 Å². The number of rotatable bonds is 3. The standard InChI is InChI=1S/C44H24N4O/c1-46-30-17-19-41-36(23-30)37-24-38-34-13-3-5-15-43(34)49-44(38)25-42(37)48(41)32-11-7-9-29(22-32)28-8-6-10-31(21-28)47-39-14-4-2-12-33(39)35-20-27(26-45)16-18-40(35)47/h2-25H. The molecule has 3 aromatic heterocycles. The highest BCUT2D eigenvalue weighted by atomic mass is 16.3. The molecule has 10 rings (SSSR count). The number of nitriles is 1.